The first-order chi connectivity index (χ1) is 12.5. The van der Waals surface area contributed by atoms with Crippen LogP contribution in [0.1, 0.15) is 31.4 Å². The molecule has 1 aliphatic rings. The first kappa shape index (κ1) is 18.5. The molecule has 1 unspecified atom stereocenters. The minimum absolute atomic E-state index is 0.0402. The van der Waals surface area contributed by atoms with Crippen molar-refractivity contribution in [2.75, 3.05) is 11.9 Å². The molecule has 2 amide bonds. The van der Waals surface area contributed by atoms with Gasteiger partial charge in [-0.25, -0.2) is 0 Å². The third-order valence-corrected chi connectivity index (χ3v) is 4.72. The number of carbonyl (C=O) groups is 2. The van der Waals surface area contributed by atoms with Gasteiger partial charge in [0.1, 0.15) is 5.75 Å². The summed E-state index contributed by atoms with van der Waals surface area (Å²) in [6, 6.07) is 14.7. The first-order valence-electron chi connectivity index (χ1n) is 8.60. The number of nitrogens with one attached hydrogen (secondary N) is 2. The van der Waals surface area contributed by atoms with Crippen LogP contribution in [-0.2, 0) is 9.59 Å². The Labute approximate surface area is 161 Å². The van der Waals surface area contributed by atoms with E-state index in [9.17, 15) is 9.59 Å². The Balaban J connectivity index is 1.47. The minimum Gasteiger partial charge on any atom is -0.484 e. The lowest BCUT2D eigenvalue weighted by Gasteiger charge is -2.15. The molecule has 0 aliphatic heterocycles. The van der Waals surface area contributed by atoms with E-state index in [2.05, 4.69) is 26.6 Å². The van der Waals surface area contributed by atoms with Gasteiger partial charge in [0.05, 0.1) is 6.04 Å². The molecule has 0 aromatic heterocycles. The second-order valence-electron chi connectivity index (χ2n) is 6.42. The van der Waals surface area contributed by atoms with Crippen molar-refractivity contribution < 1.29 is 14.3 Å². The molecule has 6 heteroatoms. The molecule has 1 fully saturated rings. The molecule has 0 radical (unpaired) electrons. The van der Waals surface area contributed by atoms with Crippen LogP contribution >= 0.6 is 15.9 Å². The van der Waals surface area contributed by atoms with Gasteiger partial charge in [0.25, 0.3) is 5.91 Å². The number of ether oxygens (including phenoxy) is 1. The maximum Gasteiger partial charge on any atom is 0.258 e. The number of carbonyl (C=O) groups excluding carboxylic acids is 2. The van der Waals surface area contributed by atoms with Crippen molar-refractivity contribution in [3.8, 4) is 5.75 Å². The Morgan fingerprint density at radius 2 is 1.77 bits per heavy atom. The van der Waals surface area contributed by atoms with Gasteiger partial charge in [-0.15, -0.1) is 0 Å². The van der Waals surface area contributed by atoms with Gasteiger partial charge < -0.3 is 15.4 Å². The number of amides is 2. The number of hydrogen-bond acceptors (Lipinski definition) is 3. The topological polar surface area (TPSA) is 67.4 Å². The molecule has 0 spiro atoms. The number of benzene rings is 2. The molecular weight excluding hydrogens is 396 g/mol. The van der Waals surface area contributed by atoms with E-state index in [0.717, 1.165) is 28.6 Å². The average molecular weight is 417 g/mol. The molecule has 2 aromatic rings. The van der Waals surface area contributed by atoms with Crippen molar-refractivity contribution in [1.29, 1.82) is 0 Å². The van der Waals surface area contributed by atoms with Crippen LogP contribution in [0.2, 0.25) is 0 Å². The summed E-state index contributed by atoms with van der Waals surface area (Å²) in [6.45, 7) is 1.87. The molecule has 136 valence electrons. The summed E-state index contributed by atoms with van der Waals surface area (Å²) in [7, 11) is 0. The zero-order valence-corrected chi connectivity index (χ0v) is 16.1. The van der Waals surface area contributed by atoms with Crippen LogP contribution in [0.15, 0.2) is 53.0 Å². The van der Waals surface area contributed by atoms with E-state index < -0.39 is 0 Å². The predicted molar refractivity (Wildman–Crippen MR) is 104 cm³/mol. The van der Waals surface area contributed by atoms with E-state index in [1.165, 1.54) is 0 Å². The summed E-state index contributed by atoms with van der Waals surface area (Å²) < 4.78 is 6.43. The molecule has 2 aromatic carbocycles. The second-order valence-corrected chi connectivity index (χ2v) is 7.33. The number of rotatable bonds is 7. The zero-order valence-electron chi connectivity index (χ0n) is 14.5. The Kier molecular flexibility index (Phi) is 5.93. The van der Waals surface area contributed by atoms with Crippen molar-refractivity contribution in [2.45, 2.75) is 25.8 Å². The SMILES string of the molecule is CC(NC(=O)COc1ccc(Br)cc1)c1ccc(NC(=O)C2CC2)cc1. The summed E-state index contributed by atoms with van der Waals surface area (Å²) >= 11 is 3.35. The Bertz CT molecular complexity index is 771. The lowest BCUT2D eigenvalue weighted by Crippen LogP contribution is -2.31. The highest BCUT2D eigenvalue weighted by Gasteiger charge is 2.29. The second kappa shape index (κ2) is 8.36. The van der Waals surface area contributed by atoms with Crippen LogP contribution in [-0.4, -0.2) is 18.4 Å². The fourth-order valence-electron chi connectivity index (χ4n) is 2.49. The monoisotopic (exact) mass is 416 g/mol. The highest BCUT2D eigenvalue weighted by molar-refractivity contribution is 9.10. The van der Waals surface area contributed by atoms with Gasteiger partial charge >= 0.3 is 0 Å². The summed E-state index contributed by atoms with van der Waals surface area (Å²) in [4.78, 5) is 23.8. The summed E-state index contributed by atoms with van der Waals surface area (Å²) in [5.41, 5.74) is 1.74. The lowest BCUT2D eigenvalue weighted by atomic mass is 10.1. The van der Waals surface area contributed by atoms with Gasteiger partial charge in [0.2, 0.25) is 5.91 Å². The molecular formula is C20H21BrN2O3. The van der Waals surface area contributed by atoms with Crippen molar-refractivity contribution in [2.24, 2.45) is 5.92 Å². The molecule has 1 aliphatic carbocycles. The normalized spacial score (nSPS) is 14.4. The van der Waals surface area contributed by atoms with E-state index in [1.807, 2.05) is 43.3 Å². The zero-order chi connectivity index (χ0) is 18.5. The minimum atomic E-state index is -0.188. The number of hydrogen-bond donors (Lipinski definition) is 2. The van der Waals surface area contributed by atoms with Gasteiger partial charge in [0.15, 0.2) is 6.61 Å². The maximum absolute atomic E-state index is 12.1. The fourth-order valence-corrected chi connectivity index (χ4v) is 2.76. The Morgan fingerprint density at radius 1 is 1.12 bits per heavy atom. The van der Waals surface area contributed by atoms with Gasteiger partial charge in [-0.05, 0) is 61.7 Å². The molecule has 0 bridgehead atoms. The number of halogens is 1. The van der Waals surface area contributed by atoms with Crippen LogP contribution in [0, 0.1) is 5.92 Å². The Hall–Kier alpha value is -2.34. The van der Waals surface area contributed by atoms with Crippen molar-refractivity contribution in [1.82, 2.24) is 5.32 Å². The smallest absolute Gasteiger partial charge is 0.258 e. The molecule has 0 heterocycles. The molecule has 0 saturated heterocycles. The summed E-state index contributed by atoms with van der Waals surface area (Å²) in [5.74, 6) is 0.723. The van der Waals surface area contributed by atoms with Gasteiger partial charge in [-0.1, -0.05) is 28.1 Å². The van der Waals surface area contributed by atoms with E-state index in [1.54, 1.807) is 12.1 Å². The highest BCUT2D eigenvalue weighted by atomic mass is 79.9. The molecule has 3 rings (SSSR count). The average Bonchev–Trinajstić information content (AvgIpc) is 3.47. The van der Waals surface area contributed by atoms with E-state index in [-0.39, 0.29) is 30.4 Å². The quantitative estimate of drug-likeness (QED) is 0.714. The molecule has 1 saturated carbocycles. The standard InChI is InChI=1S/C20H21BrN2O3/c1-13(22-19(24)12-26-18-10-6-16(21)7-11-18)14-4-8-17(9-5-14)23-20(25)15-2-3-15/h4-11,13,15H,2-3,12H2,1H3,(H,22,24)(H,23,25). The van der Waals surface area contributed by atoms with E-state index in [4.69, 9.17) is 4.74 Å². The maximum atomic E-state index is 12.1. The highest BCUT2D eigenvalue weighted by Crippen LogP contribution is 2.30. The van der Waals surface area contributed by atoms with Gasteiger partial charge in [0, 0.05) is 16.1 Å². The molecule has 5 nitrogen and oxygen atoms in total. The Morgan fingerprint density at radius 3 is 2.38 bits per heavy atom. The van der Waals surface area contributed by atoms with Crippen molar-refractivity contribution in [3.05, 3.63) is 58.6 Å². The summed E-state index contributed by atoms with van der Waals surface area (Å²) in [5, 5.41) is 5.81. The molecule has 1 atom stereocenters. The van der Waals surface area contributed by atoms with Crippen LogP contribution in [0.5, 0.6) is 5.75 Å². The molecule has 2 N–H and O–H groups in total. The largest absolute Gasteiger partial charge is 0.484 e. The third kappa shape index (κ3) is 5.33. The summed E-state index contributed by atoms with van der Waals surface area (Å²) in [6.07, 6.45) is 1.96. The number of anilines is 1. The van der Waals surface area contributed by atoms with Crippen molar-refractivity contribution in [3.63, 3.8) is 0 Å². The van der Waals surface area contributed by atoms with Crippen LogP contribution in [0.4, 0.5) is 5.69 Å². The van der Waals surface area contributed by atoms with E-state index >= 15 is 0 Å². The molecule has 26 heavy (non-hydrogen) atoms. The van der Waals surface area contributed by atoms with Crippen LogP contribution in [0.3, 0.4) is 0 Å². The first-order valence-corrected chi connectivity index (χ1v) is 9.39. The third-order valence-electron chi connectivity index (χ3n) is 4.19. The van der Waals surface area contributed by atoms with E-state index in [0.29, 0.717) is 5.75 Å². The van der Waals surface area contributed by atoms with Gasteiger partial charge in [-0.3, -0.25) is 9.59 Å². The van der Waals surface area contributed by atoms with Gasteiger partial charge in [-0.2, -0.15) is 0 Å². The lowest BCUT2D eigenvalue weighted by molar-refractivity contribution is -0.123. The van der Waals surface area contributed by atoms with Crippen molar-refractivity contribution >= 4 is 33.4 Å². The predicted octanol–water partition coefficient (Wildman–Crippen LogP) is 4.05. The fraction of sp³-hybridized carbons (Fsp3) is 0.300. The van der Waals surface area contributed by atoms with Crippen LogP contribution < -0.4 is 15.4 Å². The van der Waals surface area contributed by atoms with Crippen LogP contribution in [0.25, 0.3) is 0 Å².